The van der Waals surface area contributed by atoms with E-state index in [9.17, 15) is 0 Å². The van der Waals surface area contributed by atoms with Crippen LogP contribution in [0.5, 0.6) is 0 Å². The number of methoxy groups -OCH3 is 2. The molecule has 218 valence electrons. The Bertz CT molecular complexity index is 880. The van der Waals surface area contributed by atoms with Crippen molar-refractivity contribution in [3.05, 3.63) is 0 Å². The van der Waals surface area contributed by atoms with Gasteiger partial charge in [0.05, 0.1) is 24.7 Å². The van der Waals surface area contributed by atoms with Crippen molar-refractivity contribution in [1.29, 1.82) is 0 Å². The normalized spacial score (nSPS) is 40.2. The Balaban J connectivity index is 1.45. The second-order valence-corrected chi connectivity index (χ2v) is 17.2. The van der Waals surface area contributed by atoms with Crippen LogP contribution in [0.3, 0.4) is 0 Å². The molecule has 0 N–H and O–H groups in total. The molecule has 0 aliphatic carbocycles. The van der Waals surface area contributed by atoms with Crippen LogP contribution in [0.4, 0.5) is 0 Å². The zero-order valence-corrected chi connectivity index (χ0v) is 24.8. The summed E-state index contributed by atoms with van der Waals surface area (Å²) in [4.78, 5) is 5.95. The summed E-state index contributed by atoms with van der Waals surface area (Å²) in [6, 6.07) is 0. The summed E-state index contributed by atoms with van der Waals surface area (Å²) in [5.74, 6) is -1.04. The van der Waals surface area contributed by atoms with Crippen molar-refractivity contribution in [2.75, 3.05) is 34.4 Å². The molecule has 0 radical (unpaired) electrons. The van der Waals surface area contributed by atoms with Gasteiger partial charge in [-0.25, -0.2) is 0 Å². The fourth-order valence-electron chi connectivity index (χ4n) is 5.50. The average Bonchev–Trinajstić information content (AvgIpc) is 3.60. The molecule has 0 aromatic heterocycles. The van der Waals surface area contributed by atoms with Gasteiger partial charge in [0.2, 0.25) is 0 Å². The lowest BCUT2D eigenvalue weighted by Gasteiger charge is -2.44. The first kappa shape index (κ1) is 28.8. The topological polar surface area (TPSA) is 114 Å². The highest BCUT2D eigenvalue weighted by Crippen LogP contribution is 2.49. The van der Waals surface area contributed by atoms with Crippen molar-refractivity contribution in [1.82, 2.24) is 0 Å². The molecule has 5 aliphatic heterocycles. The zero-order valence-electron chi connectivity index (χ0n) is 23.8. The summed E-state index contributed by atoms with van der Waals surface area (Å²) >= 11 is 0. The molecule has 5 rings (SSSR count). The predicted octanol–water partition coefficient (Wildman–Crippen LogP) is 2.36. The highest BCUT2D eigenvalue weighted by molar-refractivity contribution is 6.74. The molecular weight excluding hydrogens is 518 g/mol. The van der Waals surface area contributed by atoms with E-state index in [1.54, 1.807) is 14.2 Å². The fourth-order valence-corrected chi connectivity index (χ4v) is 6.77. The fraction of sp³-hybridized carbons (Fsp3) is 0.960. The number of oxime groups is 1. The molecule has 5 aliphatic rings. The van der Waals surface area contributed by atoms with Crippen molar-refractivity contribution in [2.24, 2.45) is 11.1 Å². The Morgan fingerprint density at radius 1 is 0.947 bits per heavy atom. The number of rotatable bonds is 11. The Morgan fingerprint density at radius 3 is 2.37 bits per heavy atom. The number of nitrogens with zero attached hydrogens (tertiary/aromatic N) is 1. The van der Waals surface area contributed by atoms with E-state index in [0.29, 0.717) is 12.3 Å². The van der Waals surface area contributed by atoms with Crippen LogP contribution in [0.1, 0.15) is 34.6 Å². The third-order valence-corrected chi connectivity index (χ3v) is 12.7. The molecule has 0 amide bonds. The smallest absolute Gasteiger partial charge is 0.192 e. The summed E-state index contributed by atoms with van der Waals surface area (Å²) in [6.07, 6.45) is -4.14. The molecule has 4 saturated heterocycles. The summed E-state index contributed by atoms with van der Waals surface area (Å²) in [5, 5.41) is 4.49. The van der Waals surface area contributed by atoms with Gasteiger partial charge in [0.25, 0.3) is 0 Å². The monoisotopic (exact) mass is 561 g/mol. The lowest BCUT2D eigenvalue weighted by atomic mass is 9.83. The van der Waals surface area contributed by atoms with E-state index in [0.717, 1.165) is 0 Å². The predicted molar refractivity (Wildman–Crippen MR) is 135 cm³/mol. The van der Waals surface area contributed by atoms with Crippen molar-refractivity contribution in [3.8, 4) is 0 Å². The quantitative estimate of drug-likeness (QED) is 0.210. The molecule has 0 unspecified atom stereocenters. The number of ether oxygens (including phenoxy) is 9. The molecule has 0 spiro atoms. The number of hydrogen-bond acceptors (Lipinski definition) is 12. The SMILES string of the molecule is COCOC[C@H]1O[C@H]2O[C@@H]1[C@H]([C@H](O[Si](C)(C)C(C)(C)C)C1=NO[C@H]3[C@@H]4OC(C)(C)O[C@@H]4O[C@@H]13)[C@H]2OCOC. The standard InChI is InChI=1S/C25H43NO11Si/c1-24(2,3)38(8,9)37-17(15-19-20(36-26-15)21-23(33-19)35-25(4,5)34-21)14-16-13(10-29-11-27-6)31-22(32-16)18(14)30-12-28-7/h13-14,16-23H,10-12H2,1-9H3/t13-,14-,16+,17+,18-,19+,20-,21+,22+,23+/m1/s1. The molecule has 0 aromatic rings. The maximum atomic E-state index is 7.12. The molecule has 10 atom stereocenters. The molecule has 4 fully saturated rings. The van der Waals surface area contributed by atoms with Crippen LogP contribution in [0.2, 0.25) is 18.1 Å². The Labute approximate surface area is 225 Å². The summed E-state index contributed by atoms with van der Waals surface area (Å²) in [5.41, 5.74) is 0.656. The van der Waals surface area contributed by atoms with Crippen LogP contribution in [0.15, 0.2) is 5.16 Å². The van der Waals surface area contributed by atoms with Gasteiger partial charge in [0.15, 0.2) is 38.9 Å². The Hall–Kier alpha value is -0.713. The van der Waals surface area contributed by atoms with Crippen LogP contribution in [0.25, 0.3) is 0 Å². The Morgan fingerprint density at radius 2 is 1.68 bits per heavy atom. The van der Waals surface area contributed by atoms with E-state index in [-0.39, 0.29) is 42.9 Å². The van der Waals surface area contributed by atoms with Gasteiger partial charge in [-0.1, -0.05) is 25.9 Å². The number of hydrogen-bond donors (Lipinski definition) is 0. The van der Waals surface area contributed by atoms with Crippen LogP contribution in [-0.2, 0) is 51.9 Å². The molecular formula is C25H43NO11Si. The summed E-state index contributed by atoms with van der Waals surface area (Å²) < 4.78 is 60.1. The number of fused-ring (bicyclic) bond motifs is 5. The van der Waals surface area contributed by atoms with Gasteiger partial charge >= 0.3 is 0 Å². The highest BCUT2D eigenvalue weighted by atomic mass is 28.4. The van der Waals surface area contributed by atoms with Crippen molar-refractivity contribution in [2.45, 2.75) is 114 Å². The molecule has 2 bridgehead atoms. The van der Waals surface area contributed by atoms with Gasteiger partial charge in [-0.05, 0) is 32.0 Å². The summed E-state index contributed by atoms with van der Waals surface area (Å²) in [7, 11) is 0.838. The first-order valence-corrected chi connectivity index (χ1v) is 16.2. The third-order valence-electron chi connectivity index (χ3n) is 8.29. The van der Waals surface area contributed by atoms with Crippen LogP contribution >= 0.6 is 0 Å². The van der Waals surface area contributed by atoms with E-state index in [2.05, 4.69) is 39.0 Å². The van der Waals surface area contributed by atoms with Gasteiger partial charge in [0, 0.05) is 14.2 Å². The van der Waals surface area contributed by atoms with Gasteiger partial charge < -0.3 is 51.9 Å². The maximum absolute atomic E-state index is 7.12. The first-order valence-electron chi connectivity index (χ1n) is 13.3. The molecule has 12 nitrogen and oxygen atoms in total. The maximum Gasteiger partial charge on any atom is 0.192 e. The second-order valence-electron chi connectivity index (χ2n) is 12.4. The van der Waals surface area contributed by atoms with Gasteiger partial charge in [-0.3, -0.25) is 0 Å². The molecule has 38 heavy (non-hydrogen) atoms. The largest absolute Gasteiger partial charge is 0.408 e. The molecule has 0 aromatic carbocycles. The minimum Gasteiger partial charge on any atom is -0.408 e. The van der Waals surface area contributed by atoms with Crippen LogP contribution in [0, 0.1) is 5.92 Å². The van der Waals surface area contributed by atoms with Crippen molar-refractivity contribution >= 4 is 14.0 Å². The molecule has 13 heteroatoms. The third kappa shape index (κ3) is 5.20. The van der Waals surface area contributed by atoms with Crippen molar-refractivity contribution in [3.63, 3.8) is 0 Å². The van der Waals surface area contributed by atoms with Gasteiger partial charge in [0.1, 0.15) is 37.6 Å². The minimum absolute atomic E-state index is 0.0627. The minimum atomic E-state index is -2.33. The van der Waals surface area contributed by atoms with E-state index in [4.69, 9.17) is 51.9 Å². The van der Waals surface area contributed by atoms with E-state index in [1.807, 2.05) is 13.8 Å². The van der Waals surface area contributed by atoms with Crippen LogP contribution < -0.4 is 0 Å². The lowest BCUT2D eigenvalue weighted by Crippen LogP contribution is -2.58. The second kappa shape index (κ2) is 10.6. The van der Waals surface area contributed by atoms with Crippen LogP contribution in [-0.4, -0.2) is 110 Å². The van der Waals surface area contributed by atoms with Crippen molar-refractivity contribution < 1.29 is 51.9 Å². The average molecular weight is 562 g/mol. The Kier molecular flexibility index (Phi) is 8.03. The lowest BCUT2D eigenvalue weighted by molar-refractivity contribution is -0.207. The van der Waals surface area contributed by atoms with Gasteiger partial charge in [-0.2, -0.15) is 0 Å². The molecule has 5 heterocycles. The summed E-state index contributed by atoms with van der Waals surface area (Å²) in [6.45, 7) is 15.3. The van der Waals surface area contributed by atoms with E-state index in [1.165, 1.54) is 0 Å². The van der Waals surface area contributed by atoms with E-state index >= 15 is 0 Å². The molecule has 0 saturated carbocycles. The zero-order chi connectivity index (χ0) is 27.5. The highest BCUT2D eigenvalue weighted by Gasteiger charge is 2.65. The first-order chi connectivity index (χ1) is 17.9. The van der Waals surface area contributed by atoms with Gasteiger partial charge in [-0.15, -0.1) is 0 Å². The van der Waals surface area contributed by atoms with E-state index < -0.39 is 51.1 Å².